The molecule has 4 aromatic rings. The Morgan fingerprint density at radius 1 is 1.11 bits per heavy atom. The highest BCUT2D eigenvalue weighted by molar-refractivity contribution is 7.92. The van der Waals surface area contributed by atoms with Crippen LogP contribution in [0.2, 0.25) is 5.02 Å². The molecule has 2 aromatic carbocycles. The first kappa shape index (κ1) is 30.6. The summed E-state index contributed by atoms with van der Waals surface area (Å²) in [5, 5.41) is 5.17. The number of pyridine rings is 1. The maximum Gasteiger partial charge on any atom is 0.497 e. The number of hydrogen-bond acceptors (Lipinski definition) is 6. The molecule has 0 unspecified atom stereocenters. The Labute approximate surface area is 261 Å². The van der Waals surface area contributed by atoms with Crippen LogP contribution in [0.1, 0.15) is 67.9 Å². The number of nitrogens with zero attached hydrogens (tertiary/aromatic N) is 3. The lowest BCUT2D eigenvalue weighted by Crippen LogP contribution is -2.41. The minimum absolute atomic E-state index is 0.0938. The van der Waals surface area contributed by atoms with E-state index in [1.54, 1.807) is 48.7 Å². The normalized spacial score (nSPS) is 17.8. The molecule has 1 aliphatic carbocycles. The number of carbonyl (C=O) groups excluding carboxylic acids is 1. The monoisotopic (exact) mass is 638 g/mol. The molecule has 9 nitrogen and oxygen atoms in total. The van der Waals surface area contributed by atoms with E-state index in [1.807, 2.05) is 27.7 Å². The molecule has 44 heavy (non-hydrogen) atoms. The Kier molecular flexibility index (Phi) is 7.35. The van der Waals surface area contributed by atoms with E-state index >= 15 is 4.39 Å². The number of anilines is 1. The van der Waals surface area contributed by atoms with E-state index in [4.69, 9.17) is 26.6 Å². The maximum atomic E-state index is 15.5. The standard InChI is InChI=1S/C31H33BClFN4O5S/c1-30(2)31(3,4)43-32(42-30)23-13-6-18(14-24(23)34)16-38(44(5,40)41)26-17-37-25(15-22(26)19-7-8-19)27(29(35)39)28(36-37)20-9-11-21(33)12-10-20/h6,9-15,17,19H,7-8,16H2,1-5H3,(H2,35,39). The fraction of sp³-hybridized carbons (Fsp3) is 0.355. The van der Waals surface area contributed by atoms with Crippen LogP contribution in [0.4, 0.5) is 10.1 Å². The van der Waals surface area contributed by atoms with Gasteiger partial charge in [-0.25, -0.2) is 17.3 Å². The molecule has 1 saturated carbocycles. The molecule has 1 saturated heterocycles. The van der Waals surface area contributed by atoms with Crippen molar-refractivity contribution in [3.8, 4) is 11.3 Å². The minimum Gasteiger partial charge on any atom is -0.399 e. The van der Waals surface area contributed by atoms with Gasteiger partial charge in [0.1, 0.15) is 11.5 Å². The molecule has 13 heteroatoms. The van der Waals surface area contributed by atoms with Gasteiger partial charge in [-0.15, -0.1) is 0 Å². The van der Waals surface area contributed by atoms with Crippen molar-refractivity contribution < 1.29 is 26.9 Å². The zero-order valence-electron chi connectivity index (χ0n) is 25.1. The van der Waals surface area contributed by atoms with Crippen LogP contribution in [-0.2, 0) is 25.9 Å². The summed E-state index contributed by atoms with van der Waals surface area (Å²) in [5.74, 6) is -1.12. The van der Waals surface area contributed by atoms with E-state index in [-0.39, 0.29) is 23.5 Å². The summed E-state index contributed by atoms with van der Waals surface area (Å²) in [6, 6.07) is 13.2. The molecule has 2 aliphatic rings. The van der Waals surface area contributed by atoms with Crippen LogP contribution in [0.15, 0.2) is 54.7 Å². The Hall–Kier alpha value is -3.45. The summed E-state index contributed by atoms with van der Waals surface area (Å²) >= 11 is 6.07. The fourth-order valence-electron chi connectivity index (χ4n) is 5.46. The van der Waals surface area contributed by atoms with Gasteiger partial charge in [0.25, 0.3) is 5.91 Å². The fourth-order valence-corrected chi connectivity index (χ4v) is 6.47. The summed E-state index contributed by atoms with van der Waals surface area (Å²) in [6.07, 6.45) is 4.44. The lowest BCUT2D eigenvalue weighted by atomic mass is 9.78. The maximum absolute atomic E-state index is 15.5. The molecule has 3 heterocycles. The van der Waals surface area contributed by atoms with E-state index in [9.17, 15) is 13.2 Å². The van der Waals surface area contributed by atoms with Crippen LogP contribution in [0.25, 0.3) is 16.8 Å². The molecular weight excluding hydrogens is 606 g/mol. The lowest BCUT2D eigenvalue weighted by Gasteiger charge is -2.32. The first-order valence-electron chi connectivity index (χ1n) is 14.3. The van der Waals surface area contributed by atoms with Gasteiger partial charge in [0.2, 0.25) is 10.0 Å². The summed E-state index contributed by atoms with van der Waals surface area (Å²) in [5.41, 5.74) is 8.09. The Morgan fingerprint density at radius 2 is 1.75 bits per heavy atom. The lowest BCUT2D eigenvalue weighted by molar-refractivity contribution is 0.00578. The molecular formula is C31H33BClFN4O5S. The van der Waals surface area contributed by atoms with Crippen molar-refractivity contribution >= 4 is 51.3 Å². The van der Waals surface area contributed by atoms with E-state index in [0.717, 1.165) is 24.7 Å². The van der Waals surface area contributed by atoms with Crippen molar-refractivity contribution in [2.24, 2.45) is 5.73 Å². The van der Waals surface area contributed by atoms with Crippen LogP contribution in [0.3, 0.4) is 0 Å². The van der Waals surface area contributed by atoms with Gasteiger partial charge < -0.3 is 15.0 Å². The Balaban J connectivity index is 1.42. The average molecular weight is 639 g/mol. The smallest absolute Gasteiger partial charge is 0.399 e. The quantitative estimate of drug-likeness (QED) is 0.271. The van der Waals surface area contributed by atoms with Gasteiger partial charge in [0.15, 0.2) is 0 Å². The third-order valence-electron chi connectivity index (χ3n) is 8.73. The van der Waals surface area contributed by atoms with E-state index < -0.39 is 40.1 Å². The second kappa shape index (κ2) is 10.6. The van der Waals surface area contributed by atoms with Crippen LogP contribution >= 0.6 is 11.6 Å². The van der Waals surface area contributed by atoms with Crippen molar-refractivity contribution in [2.75, 3.05) is 10.6 Å². The van der Waals surface area contributed by atoms with Crippen molar-refractivity contribution in [3.05, 3.63) is 82.3 Å². The van der Waals surface area contributed by atoms with E-state index in [2.05, 4.69) is 5.10 Å². The number of benzene rings is 2. The van der Waals surface area contributed by atoms with Crippen molar-refractivity contribution in [2.45, 2.75) is 64.2 Å². The number of rotatable bonds is 8. The van der Waals surface area contributed by atoms with Crippen molar-refractivity contribution in [3.63, 3.8) is 0 Å². The summed E-state index contributed by atoms with van der Waals surface area (Å²) in [7, 11) is -4.74. The van der Waals surface area contributed by atoms with Gasteiger partial charge in [-0.05, 0) is 81.8 Å². The van der Waals surface area contributed by atoms with Gasteiger partial charge >= 0.3 is 7.12 Å². The molecule has 0 bridgehead atoms. The van der Waals surface area contributed by atoms with Crippen LogP contribution in [-0.4, -0.2) is 48.5 Å². The number of hydrogen-bond donors (Lipinski definition) is 1. The minimum atomic E-state index is -3.84. The topological polar surface area (TPSA) is 116 Å². The Morgan fingerprint density at radius 3 is 2.30 bits per heavy atom. The molecule has 230 valence electrons. The molecule has 2 N–H and O–H groups in total. The molecule has 6 rings (SSSR count). The second-order valence-corrected chi connectivity index (χ2v) is 14.9. The highest BCUT2D eigenvalue weighted by Gasteiger charge is 2.52. The average Bonchev–Trinajstić information content (AvgIpc) is 3.65. The highest BCUT2D eigenvalue weighted by atomic mass is 35.5. The second-order valence-electron chi connectivity index (χ2n) is 12.5. The zero-order chi connectivity index (χ0) is 31.8. The number of aromatic nitrogens is 2. The van der Waals surface area contributed by atoms with Gasteiger partial charge in [-0.2, -0.15) is 5.10 Å². The van der Waals surface area contributed by atoms with Crippen LogP contribution < -0.4 is 15.5 Å². The summed E-state index contributed by atoms with van der Waals surface area (Å²) in [6.45, 7) is 7.44. The van der Waals surface area contributed by atoms with E-state index in [0.29, 0.717) is 33.0 Å². The number of fused-ring (bicyclic) bond motifs is 1. The largest absolute Gasteiger partial charge is 0.497 e. The van der Waals surface area contributed by atoms with Gasteiger partial charge in [0.05, 0.1) is 47.0 Å². The number of primary amides is 1. The third kappa shape index (κ3) is 5.49. The SMILES string of the molecule is CC1(C)OB(c2ccc(CN(c3cn4nc(-c5ccc(Cl)cc5)c(C(N)=O)c4cc3C3CC3)S(C)(=O)=O)cc2F)OC1(C)C. The van der Waals surface area contributed by atoms with Crippen molar-refractivity contribution in [1.82, 2.24) is 9.61 Å². The third-order valence-corrected chi connectivity index (χ3v) is 10.1. The molecule has 2 fully saturated rings. The van der Waals surface area contributed by atoms with Crippen molar-refractivity contribution in [1.29, 1.82) is 0 Å². The molecule has 0 spiro atoms. The predicted octanol–water partition coefficient (Wildman–Crippen LogP) is 5.04. The Bertz CT molecular complexity index is 1890. The predicted molar refractivity (Wildman–Crippen MR) is 169 cm³/mol. The number of amides is 1. The molecule has 0 atom stereocenters. The van der Waals surface area contributed by atoms with Crippen LogP contribution in [0.5, 0.6) is 0 Å². The van der Waals surface area contributed by atoms with E-state index in [1.165, 1.54) is 14.9 Å². The molecule has 1 aliphatic heterocycles. The summed E-state index contributed by atoms with van der Waals surface area (Å²) in [4.78, 5) is 12.7. The number of carbonyl (C=O) groups is 1. The molecule has 1 amide bonds. The zero-order valence-corrected chi connectivity index (χ0v) is 26.7. The molecule has 2 aromatic heterocycles. The van der Waals surface area contributed by atoms with Crippen LogP contribution in [0, 0.1) is 5.82 Å². The van der Waals surface area contributed by atoms with Gasteiger partial charge in [-0.3, -0.25) is 9.10 Å². The van der Waals surface area contributed by atoms with Gasteiger partial charge in [-0.1, -0.05) is 35.9 Å². The first-order chi connectivity index (χ1) is 20.6. The van der Waals surface area contributed by atoms with Gasteiger partial charge in [0, 0.05) is 16.0 Å². The summed E-state index contributed by atoms with van der Waals surface area (Å²) < 4.78 is 56.8. The number of halogens is 2. The number of sulfonamides is 1. The molecule has 0 radical (unpaired) electrons. The highest BCUT2D eigenvalue weighted by Crippen LogP contribution is 2.46. The first-order valence-corrected chi connectivity index (χ1v) is 16.5. The number of nitrogens with two attached hydrogens (primary N) is 1.